The smallest absolute Gasteiger partial charge is 0.170 e. The van der Waals surface area contributed by atoms with Gasteiger partial charge < -0.3 is 19.7 Å². The van der Waals surface area contributed by atoms with E-state index < -0.39 is 0 Å². The molecule has 3 heterocycles. The maximum atomic E-state index is 5.66. The first kappa shape index (κ1) is 16.9. The van der Waals surface area contributed by atoms with Crippen LogP contribution >= 0.6 is 12.2 Å². The van der Waals surface area contributed by atoms with Crippen LogP contribution in [-0.4, -0.2) is 51.6 Å². The summed E-state index contributed by atoms with van der Waals surface area (Å²) in [5.41, 5.74) is 2.28. The zero-order valence-corrected chi connectivity index (χ0v) is 15.3. The molecule has 0 amide bonds. The maximum absolute atomic E-state index is 5.66. The van der Waals surface area contributed by atoms with E-state index in [0.717, 1.165) is 30.3 Å². The van der Waals surface area contributed by atoms with Gasteiger partial charge in [-0.1, -0.05) is 6.07 Å². The van der Waals surface area contributed by atoms with Crippen molar-refractivity contribution in [1.82, 2.24) is 24.7 Å². The SMILES string of the molecule is CN(C)CCCN1C(=S)N[C@@H](c2ccccn2)[C@H]1c1cccn1C. The summed E-state index contributed by atoms with van der Waals surface area (Å²) in [6, 6.07) is 10.5. The number of thiocarbonyl (C=S) groups is 1. The monoisotopic (exact) mass is 343 g/mol. The summed E-state index contributed by atoms with van der Waals surface area (Å²) in [6.07, 6.45) is 5.01. The van der Waals surface area contributed by atoms with Gasteiger partial charge in [0.05, 0.1) is 17.8 Å². The van der Waals surface area contributed by atoms with Gasteiger partial charge in [-0.2, -0.15) is 0 Å². The molecule has 6 heteroatoms. The van der Waals surface area contributed by atoms with E-state index in [2.05, 4.69) is 70.2 Å². The summed E-state index contributed by atoms with van der Waals surface area (Å²) < 4.78 is 2.18. The number of hydrogen-bond acceptors (Lipinski definition) is 3. The van der Waals surface area contributed by atoms with E-state index in [0.29, 0.717) is 0 Å². The molecular weight excluding hydrogens is 318 g/mol. The molecule has 3 rings (SSSR count). The molecule has 0 bridgehead atoms. The molecule has 0 aromatic carbocycles. The number of rotatable bonds is 6. The molecule has 0 spiro atoms. The molecule has 1 fully saturated rings. The highest BCUT2D eigenvalue weighted by molar-refractivity contribution is 7.80. The Labute approximate surface area is 149 Å². The van der Waals surface area contributed by atoms with Crippen LogP contribution in [-0.2, 0) is 7.05 Å². The Balaban J connectivity index is 1.90. The standard InChI is InChI=1S/C18H25N5S/c1-21(2)11-7-13-23-17(15-9-6-12-22(15)3)16(20-18(23)24)14-8-4-5-10-19-14/h4-6,8-10,12,16-17H,7,11,13H2,1-3H3,(H,20,24)/t16-,17+/m0/s1. The molecule has 1 saturated heterocycles. The summed E-state index contributed by atoms with van der Waals surface area (Å²) in [7, 11) is 6.29. The lowest BCUT2D eigenvalue weighted by molar-refractivity contribution is 0.285. The Kier molecular flexibility index (Phi) is 5.16. The van der Waals surface area contributed by atoms with Crippen molar-refractivity contribution in [3.8, 4) is 0 Å². The van der Waals surface area contributed by atoms with Gasteiger partial charge >= 0.3 is 0 Å². The Morgan fingerprint density at radius 2 is 2.08 bits per heavy atom. The van der Waals surface area contributed by atoms with E-state index in [9.17, 15) is 0 Å². The van der Waals surface area contributed by atoms with Crippen LogP contribution in [0.5, 0.6) is 0 Å². The molecule has 1 aliphatic rings. The summed E-state index contributed by atoms with van der Waals surface area (Å²) in [6.45, 7) is 1.98. The number of aromatic nitrogens is 2. The fourth-order valence-corrected chi connectivity index (χ4v) is 3.64. The third-order valence-electron chi connectivity index (χ3n) is 4.49. The Bertz CT molecular complexity index is 682. The predicted octanol–water partition coefficient (Wildman–Crippen LogP) is 2.34. The van der Waals surface area contributed by atoms with Crippen LogP contribution in [0.3, 0.4) is 0 Å². The second-order valence-corrected chi connectivity index (χ2v) is 6.91. The van der Waals surface area contributed by atoms with E-state index in [4.69, 9.17) is 12.2 Å². The fraction of sp³-hybridized carbons (Fsp3) is 0.444. The minimum atomic E-state index is 0.0756. The summed E-state index contributed by atoms with van der Waals surface area (Å²) in [4.78, 5) is 9.08. The predicted molar refractivity (Wildman–Crippen MR) is 101 cm³/mol. The van der Waals surface area contributed by atoms with Crippen LogP contribution in [0.2, 0.25) is 0 Å². The molecule has 0 aliphatic carbocycles. The number of nitrogens with zero attached hydrogens (tertiary/aromatic N) is 4. The minimum Gasteiger partial charge on any atom is -0.353 e. The average molecular weight is 344 g/mol. The second-order valence-electron chi connectivity index (χ2n) is 6.52. The van der Waals surface area contributed by atoms with E-state index in [-0.39, 0.29) is 12.1 Å². The highest BCUT2D eigenvalue weighted by Gasteiger charge is 2.40. The van der Waals surface area contributed by atoms with Crippen molar-refractivity contribution >= 4 is 17.3 Å². The van der Waals surface area contributed by atoms with E-state index >= 15 is 0 Å². The topological polar surface area (TPSA) is 36.3 Å². The molecule has 128 valence electrons. The summed E-state index contributed by atoms with van der Waals surface area (Å²) >= 11 is 5.66. The Morgan fingerprint density at radius 1 is 1.25 bits per heavy atom. The fourth-order valence-electron chi connectivity index (χ4n) is 3.31. The van der Waals surface area contributed by atoms with E-state index in [1.54, 1.807) is 0 Å². The van der Waals surface area contributed by atoms with Crippen LogP contribution in [0, 0.1) is 0 Å². The lowest BCUT2D eigenvalue weighted by Gasteiger charge is -2.28. The van der Waals surface area contributed by atoms with E-state index in [1.807, 2.05) is 18.3 Å². The highest BCUT2D eigenvalue weighted by Crippen LogP contribution is 2.38. The molecule has 5 nitrogen and oxygen atoms in total. The van der Waals surface area contributed by atoms with Gasteiger partial charge in [-0.05, 0) is 63.5 Å². The van der Waals surface area contributed by atoms with Crippen molar-refractivity contribution in [2.45, 2.75) is 18.5 Å². The first-order valence-electron chi connectivity index (χ1n) is 8.32. The number of aryl methyl sites for hydroxylation is 1. The number of hydrogen-bond donors (Lipinski definition) is 1. The van der Waals surface area contributed by atoms with Gasteiger partial charge in [-0.25, -0.2) is 0 Å². The van der Waals surface area contributed by atoms with Gasteiger partial charge in [0.2, 0.25) is 0 Å². The molecule has 1 N–H and O–H groups in total. The van der Waals surface area contributed by atoms with Crippen LogP contribution in [0.15, 0.2) is 42.7 Å². The summed E-state index contributed by atoms with van der Waals surface area (Å²) in [5.74, 6) is 0. The van der Waals surface area contributed by atoms with Gasteiger partial charge in [0.1, 0.15) is 0 Å². The molecule has 24 heavy (non-hydrogen) atoms. The number of nitrogens with one attached hydrogen (secondary N) is 1. The van der Waals surface area contributed by atoms with Gasteiger partial charge in [-0.3, -0.25) is 4.98 Å². The normalized spacial score (nSPS) is 20.7. The molecule has 1 aliphatic heterocycles. The van der Waals surface area contributed by atoms with Gasteiger partial charge in [0.25, 0.3) is 0 Å². The quantitative estimate of drug-likeness (QED) is 0.815. The zero-order chi connectivity index (χ0) is 17.1. The van der Waals surface area contributed by atoms with Crippen molar-refractivity contribution in [3.05, 3.63) is 54.1 Å². The number of pyridine rings is 1. The lowest BCUT2D eigenvalue weighted by atomic mass is 10.0. The van der Waals surface area contributed by atoms with Crippen LogP contribution in [0.4, 0.5) is 0 Å². The van der Waals surface area contributed by atoms with Crippen LogP contribution in [0.25, 0.3) is 0 Å². The van der Waals surface area contributed by atoms with Crippen molar-refractivity contribution < 1.29 is 0 Å². The second kappa shape index (κ2) is 7.32. The zero-order valence-electron chi connectivity index (χ0n) is 14.5. The van der Waals surface area contributed by atoms with E-state index in [1.165, 1.54) is 5.69 Å². The summed E-state index contributed by atoms with van der Waals surface area (Å²) in [5, 5.41) is 4.31. The largest absolute Gasteiger partial charge is 0.353 e. The van der Waals surface area contributed by atoms with Crippen molar-refractivity contribution in [1.29, 1.82) is 0 Å². The first-order chi connectivity index (χ1) is 11.6. The Morgan fingerprint density at radius 3 is 2.71 bits per heavy atom. The molecule has 0 saturated carbocycles. The third-order valence-corrected chi connectivity index (χ3v) is 4.84. The Hall–Kier alpha value is -1.92. The minimum absolute atomic E-state index is 0.0756. The maximum Gasteiger partial charge on any atom is 0.170 e. The third kappa shape index (κ3) is 3.44. The van der Waals surface area contributed by atoms with Gasteiger partial charge in [0, 0.05) is 31.7 Å². The molecular formula is C18H25N5S. The van der Waals surface area contributed by atoms with Gasteiger partial charge in [0.15, 0.2) is 5.11 Å². The van der Waals surface area contributed by atoms with Crippen molar-refractivity contribution in [2.24, 2.45) is 7.05 Å². The van der Waals surface area contributed by atoms with Crippen molar-refractivity contribution in [3.63, 3.8) is 0 Å². The molecule has 0 radical (unpaired) electrons. The van der Waals surface area contributed by atoms with Crippen LogP contribution < -0.4 is 5.32 Å². The molecule has 2 aromatic heterocycles. The first-order valence-corrected chi connectivity index (χ1v) is 8.73. The average Bonchev–Trinajstić information content (AvgIpc) is 3.11. The highest BCUT2D eigenvalue weighted by atomic mass is 32.1. The van der Waals surface area contributed by atoms with Gasteiger partial charge in [-0.15, -0.1) is 0 Å². The molecule has 2 atom stereocenters. The van der Waals surface area contributed by atoms with Crippen molar-refractivity contribution in [2.75, 3.05) is 27.2 Å². The molecule has 0 unspecified atom stereocenters. The lowest BCUT2D eigenvalue weighted by Crippen LogP contribution is -2.32. The van der Waals surface area contributed by atoms with Crippen LogP contribution in [0.1, 0.15) is 29.9 Å². The molecule has 2 aromatic rings.